The Kier molecular flexibility index (Phi) is 6.69. The third-order valence-corrected chi connectivity index (χ3v) is 5.36. The van der Waals surface area contributed by atoms with Crippen molar-refractivity contribution < 1.29 is 19.1 Å². The van der Waals surface area contributed by atoms with Crippen LogP contribution in [-0.2, 0) is 19.1 Å². The topological polar surface area (TPSA) is 75.7 Å². The van der Waals surface area contributed by atoms with E-state index in [1.807, 2.05) is 52.0 Å². The molecule has 2 atom stereocenters. The maximum atomic E-state index is 12.5. The molecule has 26 heavy (non-hydrogen) atoms. The predicted molar refractivity (Wildman–Crippen MR) is 102 cm³/mol. The predicted octanol–water partition coefficient (Wildman–Crippen LogP) is 3.07. The number of carbonyl (C=O) groups is 3. The molecule has 0 spiro atoms. The summed E-state index contributed by atoms with van der Waals surface area (Å²) in [5, 5.41) is 2.23. The van der Waals surface area contributed by atoms with Gasteiger partial charge in [0.25, 0.3) is 5.91 Å². The molecule has 2 amide bonds. The van der Waals surface area contributed by atoms with Crippen LogP contribution in [0.1, 0.15) is 41.0 Å². The van der Waals surface area contributed by atoms with Crippen LogP contribution in [0, 0.1) is 0 Å². The van der Waals surface area contributed by atoms with Gasteiger partial charge in [0, 0.05) is 17.0 Å². The number of para-hydroxylation sites is 1. The number of nitrogens with zero attached hydrogens (tertiary/aromatic N) is 1. The van der Waals surface area contributed by atoms with Gasteiger partial charge in [0.15, 0.2) is 6.10 Å². The van der Waals surface area contributed by atoms with Gasteiger partial charge in [-0.2, -0.15) is 0 Å². The van der Waals surface area contributed by atoms with E-state index in [0.29, 0.717) is 0 Å². The van der Waals surface area contributed by atoms with E-state index < -0.39 is 17.3 Å². The minimum atomic E-state index is -0.878. The Morgan fingerprint density at radius 3 is 2.38 bits per heavy atom. The average Bonchev–Trinajstić information content (AvgIpc) is 2.54. The highest BCUT2D eigenvalue weighted by atomic mass is 32.2. The first-order valence-electron chi connectivity index (χ1n) is 8.79. The van der Waals surface area contributed by atoms with Gasteiger partial charge in [0.1, 0.15) is 0 Å². The second-order valence-electron chi connectivity index (χ2n) is 6.86. The second kappa shape index (κ2) is 8.58. The average molecular weight is 378 g/mol. The maximum absolute atomic E-state index is 12.5. The van der Waals surface area contributed by atoms with Crippen molar-refractivity contribution in [3.63, 3.8) is 0 Å². The van der Waals surface area contributed by atoms with Crippen LogP contribution in [0.25, 0.3) is 0 Å². The van der Waals surface area contributed by atoms with Crippen LogP contribution in [0.4, 0.5) is 5.69 Å². The van der Waals surface area contributed by atoms with Crippen LogP contribution in [0.5, 0.6) is 0 Å². The number of hydrogen-bond acceptors (Lipinski definition) is 5. The van der Waals surface area contributed by atoms with Crippen LogP contribution in [0.3, 0.4) is 0 Å². The molecule has 142 valence electrons. The Morgan fingerprint density at radius 2 is 1.77 bits per heavy atom. The molecule has 0 unspecified atom stereocenters. The van der Waals surface area contributed by atoms with Crippen LogP contribution in [0.2, 0.25) is 0 Å². The van der Waals surface area contributed by atoms with Crippen molar-refractivity contribution in [3.8, 4) is 0 Å². The van der Waals surface area contributed by atoms with Crippen molar-refractivity contribution in [2.75, 3.05) is 5.32 Å². The number of benzene rings is 1. The number of rotatable bonds is 6. The monoisotopic (exact) mass is 378 g/mol. The van der Waals surface area contributed by atoms with E-state index in [0.717, 1.165) is 10.6 Å². The Balaban J connectivity index is 1.96. The zero-order valence-corrected chi connectivity index (χ0v) is 16.6. The van der Waals surface area contributed by atoms with Crippen molar-refractivity contribution in [1.82, 2.24) is 4.90 Å². The molecule has 0 saturated carbocycles. The summed E-state index contributed by atoms with van der Waals surface area (Å²) in [5.41, 5.74) is 0.750. The molecule has 0 fully saturated rings. The van der Waals surface area contributed by atoms with Crippen molar-refractivity contribution in [1.29, 1.82) is 0 Å². The number of ether oxygens (including phenoxy) is 1. The van der Waals surface area contributed by atoms with Crippen molar-refractivity contribution in [3.05, 3.63) is 24.3 Å². The Bertz CT molecular complexity index is 682. The largest absolute Gasteiger partial charge is 0.452 e. The van der Waals surface area contributed by atoms with Gasteiger partial charge in [0.05, 0.1) is 17.4 Å². The third kappa shape index (κ3) is 4.78. The number of anilines is 1. The van der Waals surface area contributed by atoms with E-state index in [1.54, 1.807) is 11.8 Å². The molecular weight excluding hydrogens is 352 g/mol. The Hall–Kier alpha value is -2.02. The first kappa shape index (κ1) is 20.3. The highest BCUT2D eigenvalue weighted by molar-refractivity contribution is 8.01. The lowest BCUT2D eigenvalue weighted by Gasteiger charge is -2.32. The van der Waals surface area contributed by atoms with Gasteiger partial charge in [-0.05, 0) is 46.8 Å². The summed E-state index contributed by atoms with van der Waals surface area (Å²) in [7, 11) is 0. The lowest BCUT2D eigenvalue weighted by molar-refractivity contribution is -0.161. The van der Waals surface area contributed by atoms with Gasteiger partial charge in [-0.15, -0.1) is 11.8 Å². The molecule has 0 bridgehead atoms. The molecule has 0 aliphatic carbocycles. The van der Waals surface area contributed by atoms with E-state index in [-0.39, 0.29) is 30.3 Å². The zero-order valence-electron chi connectivity index (χ0n) is 15.8. The van der Waals surface area contributed by atoms with Crippen LogP contribution < -0.4 is 5.32 Å². The summed E-state index contributed by atoms with van der Waals surface area (Å²) >= 11 is 1.34. The molecule has 1 aliphatic heterocycles. The number of fused-ring (bicyclic) bond motifs is 1. The van der Waals surface area contributed by atoms with Crippen LogP contribution >= 0.6 is 11.8 Å². The number of amides is 2. The fraction of sp³-hybridized carbons (Fsp3) is 0.526. The van der Waals surface area contributed by atoms with E-state index in [4.69, 9.17) is 4.74 Å². The molecule has 1 aliphatic rings. The van der Waals surface area contributed by atoms with Crippen molar-refractivity contribution >= 4 is 35.2 Å². The van der Waals surface area contributed by atoms with Gasteiger partial charge in [-0.1, -0.05) is 12.1 Å². The molecule has 1 heterocycles. The number of thioether (sulfide) groups is 1. The standard InChI is InChI=1S/C19H26N2O4S/c1-11(2)21(12(3)4)19(24)13(5)25-17(22)10-16-18(23)20-14-8-6-7-9-15(14)26-16/h6-9,11-13,16H,10H2,1-5H3,(H,20,23)/t13-,16+/m0/s1. The minimum absolute atomic E-state index is 0.0137. The first-order chi connectivity index (χ1) is 12.2. The third-order valence-electron chi connectivity index (χ3n) is 4.08. The molecular formula is C19H26N2O4S. The fourth-order valence-corrected chi connectivity index (χ4v) is 4.08. The SMILES string of the molecule is CC(C)N(C(=O)[C@H](C)OC(=O)C[C@H]1Sc2ccccc2NC1=O)C(C)C. The lowest BCUT2D eigenvalue weighted by atomic mass is 10.2. The van der Waals surface area contributed by atoms with Gasteiger partial charge in [0.2, 0.25) is 5.91 Å². The molecule has 2 rings (SSSR count). The number of nitrogens with one attached hydrogen (secondary N) is 1. The van der Waals surface area contributed by atoms with Crippen LogP contribution in [0.15, 0.2) is 29.2 Å². The summed E-state index contributed by atoms with van der Waals surface area (Å²) in [6.45, 7) is 9.26. The number of hydrogen-bond donors (Lipinski definition) is 1. The fourth-order valence-electron chi connectivity index (χ4n) is 2.99. The van der Waals surface area contributed by atoms with Gasteiger partial charge >= 0.3 is 5.97 Å². The summed E-state index contributed by atoms with van der Waals surface area (Å²) in [4.78, 5) is 39.6. The van der Waals surface area contributed by atoms with E-state index in [2.05, 4.69) is 5.32 Å². The van der Waals surface area contributed by atoms with Crippen molar-refractivity contribution in [2.24, 2.45) is 0 Å². The molecule has 1 N–H and O–H groups in total. The van der Waals surface area contributed by atoms with Gasteiger partial charge in [-0.25, -0.2) is 0 Å². The normalized spacial score (nSPS) is 17.5. The quantitative estimate of drug-likeness (QED) is 0.770. The maximum Gasteiger partial charge on any atom is 0.308 e. The number of carbonyl (C=O) groups excluding carboxylic acids is 3. The van der Waals surface area contributed by atoms with Gasteiger partial charge < -0.3 is 15.0 Å². The van der Waals surface area contributed by atoms with E-state index in [9.17, 15) is 14.4 Å². The molecule has 0 radical (unpaired) electrons. The van der Waals surface area contributed by atoms with Crippen LogP contribution in [-0.4, -0.2) is 46.1 Å². The van der Waals surface area contributed by atoms with Gasteiger partial charge in [-0.3, -0.25) is 14.4 Å². The molecule has 6 nitrogen and oxygen atoms in total. The second-order valence-corrected chi connectivity index (χ2v) is 8.11. The summed E-state index contributed by atoms with van der Waals surface area (Å²) in [6, 6.07) is 7.47. The first-order valence-corrected chi connectivity index (χ1v) is 9.66. The number of esters is 1. The highest BCUT2D eigenvalue weighted by Crippen LogP contribution is 2.36. The molecule has 0 aromatic heterocycles. The zero-order chi connectivity index (χ0) is 19.4. The lowest BCUT2D eigenvalue weighted by Crippen LogP contribution is -2.47. The minimum Gasteiger partial charge on any atom is -0.452 e. The summed E-state index contributed by atoms with van der Waals surface area (Å²) in [6.07, 6.45) is -0.956. The molecule has 0 saturated heterocycles. The Labute approximate surface area is 158 Å². The highest BCUT2D eigenvalue weighted by Gasteiger charge is 2.32. The Morgan fingerprint density at radius 1 is 1.15 bits per heavy atom. The van der Waals surface area contributed by atoms with E-state index >= 15 is 0 Å². The van der Waals surface area contributed by atoms with Crippen molar-refractivity contribution in [2.45, 2.75) is 69.4 Å². The smallest absolute Gasteiger partial charge is 0.308 e. The molecule has 1 aromatic rings. The van der Waals surface area contributed by atoms with E-state index in [1.165, 1.54) is 11.8 Å². The molecule has 7 heteroatoms. The molecule has 1 aromatic carbocycles. The summed E-state index contributed by atoms with van der Waals surface area (Å²) < 4.78 is 5.31. The summed E-state index contributed by atoms with van der Waals surface area (Å²) in [5.74, 6) is -1.00.